The van der Waals surface area contributed by atoms with Crippen molar-refractivity contribution in [2.75, 3.05) is 7.05 Å². The molecular formula is C19H19FN2O2. The highest BCUT2D eigenvalue weighted by atomic mass is 19.1. The van der Waals surface area contributed by atoms with Crippen molar-refractivity contribution >= 4 is 11.6 Å². The molecule has 0 saturated carbocycles. The van der Waals surface area contributed by atoms with E-state index in [1.165, 1.54) is 12.1 Å². The molecule has 0 saturated heterocycles. The van der Waals surface area contributed by atoms with Crippen LogP contribution in [-0.2, 0) is 9.63 Å². The van der Waals surface area contributed by atoms with E-state index in [4.69, 9.17) is 4.84 Å². The van der Waals surface area contributed by atoms with Crippen LogP contribution in [0.3, 0.4) is 0 Å². The summed E-state index contributed by atoms with van der Waals surface area (Å²) in [7, 11) is 1.72. The molecule has 2 atom stereocenters. The molecule has 1 heterocycles. The highest BCUT2D eigenvalue weighted by molar-refractivity contribution is 6.39. The second kappa shape index (κ2) is 6.83. The first-order valence-electron chi connectivity index (χ1n) is 7.86. The lowest BCUT2D eigenvalue weighted by molar-refractivity contribution is -0.124. The fraction of sp³-hybridized carbons (Fsp3) is 0.263. The monoisotopic (exact) mass is 326 g/mol. The van der Waals surface area contributed by atoms with Crippen LogP contribution < -0.4 is 0 Å². The Bertz CT molecular complexity index is 744. The first-order valence-corrected chi connectivity index (χ1v) is 7.86. The Morgan fingerprint density at radius 3 is 2.54 bits per heavy atom. The van der Waals surface area contributed by atoms with Gasteiger partial charge in [0.1, 0.15) is 11.5 Å². The molecule has 0 bridgehead atoms. The molecule has 0 radical (unpaired) electrons. The minimum atomic E-state index is -0.292. The molecule has 124 valence electrons. The Morgan fingerprint density at radius 2 is 1.88 bits per heavy atom. The second-order valence-corrected chi connectivity index (χ2v) is 5.89. The number of carbonyl (C=O) groups excluding carboxylic acids is 1. The predicted octanol–water partition coefficient (Wildman–Crippen LogP) is 3.86. The summed E-state index contributed by atoms with van der Waals surface area (Å²) < 4.78 is 13.0. The maximum Gasteiger partial charge on any atom is 0.272 e. The molecule has 1 amide bonds. The smallest absolute Gasteiger partial charge is 0.272 e. The van der Waals surface area contributed by atoms with E-state index >= 15 is 0 Å². The third-order valence-electron chi connectivity index (χ3n) is 4.34. The molecular weight excluding hydrogens is 307 g/mol. The van der Waals surface area contributed by atoms with Crippen molar-refractivity contribution in [1.29, 1.82) is 0 Å². The highest BCUT2D eigenvalue weighted by Crippen LogP contribution is 2.28. The quantitative estimate of drug-likeness (QED) is 0.856. The zero-order chi connectivity index (χ0) is 17.1. The standard InChI is InChI=1S/C19H19FN2O2/c1-13(14-8-10-16(20)11-9-14)22(2)19(23)17-12-18(24-21-17)15-6-4-3-5-7-15/h3-11,13,18H,12H2,1-2H3/t13-,18-/m0/s1. The van der Waals surface area contributed by atoms with Gasteiger partial charge in [-0.2, -0.15) is 0 Å². The predicted molar refractivity (Wildman–Crippen MR) is 89.9 cm³/mol. The van der Waals surface area contributed by atoms with E-state index in [-0.39, 0.29) is 23.9 Å². The molecule has 0 N–H and O–H groups in total. The maximum absolute atomic E-state index is 13.0. The van der Waals surface area contributed by atoms with E-state index in [2.05, 4.69) is 5.16 Å². The zero-order valence-corrected chi connectivity index (χ0v) is 13.6. The Labute approximate surface area is 140 Å². The fourth-order valence-corrected chi connectivity index (χ4v) is 2.69. The van der Waals surface area contributed by atoms with E-state index in [1.807, 2.05) is 37.3 Å². The van der Waals surface area contributed by atoms with Crippen molar-refractivity contribution in [3.63, 3.8) is 0 Å². The van der Waals surface area contributed by atoms with Gasteiger partial charge >= 0.3 is 0 Å². The Kier molecular flexibility index (Phi) is 4.60. The molecule has 0 fully saturated rings. The third-order valence-corrected chi connectivity index (χ3v) is 4.34. The highest BCUT2D eigenvalue weighted by Gasteiger charge is 2.30. The Balaban J connectivity index is 1.67. The average molecular weight is 326 g/mol. The molecule has 4 nitrogen and oxygen atoms in total. The fourth-order valence-electron chi connectivity index (χ4n) is 2.69. The van der Waals surface area contributed by atoms with Gasteiger partial charge in [-0.1, -0.05) is 47.6 Å². The number of carbonyl (C=O) groups is 1. The molecule has 0 spiro atoms. The molecule has 5 heteroatoms. The summed E-state index contributed by atoms with van der Waals surface area (Å²) in [5.74, 6) is -0.468. The van der Waals surface area contributed by atoms with Gasteiger partial charge in [-0.25, -0.2) is 4.39 Å². The SMILES string of the molecule is C[C@@H](c1ccc(F)cc1)N(C)C(=O)C1=NO[C@H](c2ccccc2)C1. The van der Waals surface area contributed by atoms with Crippen LogP contribution in [0.25, 0.3) is 0 Å². The zero-order valence-electron chi connectivity index (χ0n) is 13.6. The largest absolute Gasteiger partial charge is 0.387 e. The molecule has 2 aromatic carbocycles. The van der Waals surface area contributed by atoms with Gasteiger partial charge in [-0.15, -0.1) is 0 Å². The van der Waals surface area contributed by atoms with Crippen LogP contribution in [0.1, 0.15) is 36.6 Å². The summed E-state index contributed by atoms with van der Waals surface area (Å²) in [6.45, 7) is 1.90. The molecule has 0 aromatic heterocycles. The van der Waals surface area contributed by atoms with Gasteiger partial charge in [0.05, 0.1) is 6.04 Å². The summed E-state index contributed by atoms with van der Waals surface area (Å²) in [6.07, 6.45) is 0.225. The third kappa shape index (κ3) is 3.30. The van der Waals surface area contributed by atoms with E-state index < -0.39 is 0 Å². The summed E-state index contributed by atoms with van der Waals surface area (Å²) in [6, 6.07) is 15.7. The van der Waals surface area contributed by atoms with E-state index in [1.54, 1.807) is 24.1 Å². The van der Waals surface area contributed by atoms with Crippen LogP contribution in [0.15, 0.2) is 59.8 Å². The van der Waals surface area contributed by atoms with Gasteiger partial charge < -0.3 is 9.74 Å². The number of hydrogen-bond donors (Lipinski definition) is 0. The molecule has 0 unspecified atom stereocenters. The van der Waals surface area contributed by atoms with E-state index in [0.717, 1.165) is 11.1 Å². The summed E-state index contributed by atoms with van der Waals surface area (Å²) in [5.41, 5.74) is 2.27. The van der Waals surface area contributed by atoms with Crippen LogP contribution >= 0.6 is 0 Å². The van der Waals surface area contributed by atoms with Crippen molar-refractivity contribution in [1.82, 2.24) is 4.90 Å². The number of hydrogen-bond acceptors (Lipinski definition) is 3. The van der Waals surface area contributed by atoms with Gasteiger partial charge in [-0.05, 0) is 30.2 Å². The lowest BCUT2D eigenvalue weighted by Gasteiger charge is -2.25. The normalized spacial score (nSPS) is 17.8. The number of benzene rings is 2. The lowest BCUT2D eigenvalue weighted by Crippen LogP contribution is -2.34. The first kappa shape index (κ1) is 16.2. The van der Waals surface area contributed by atoms with Crippen LogP contribution in [-0.4, -0.2) is 23.6 Å². The summed E-state index contributed by atoms with van der Waals surface area (Å²) in [4.78, 5) is 19.7. The molecule has 2 aromatic rings. The van der Waals surface area contributed by atoms with Gasteiger partial charge in [-0.3, -0.25) is 4.79 Å². The van der Waals surface area contributed by atoms with E-state index in [0.29, 0.717) is 12.1 Å². The van der Waals surface area contributed by atoms with Crippen LogP contribution in [0.4, 0.5) is 4.39 Å². The molecule has 0 aliphatic carbocycles. The number of halogens is 1. The summed E-state index contributed by atoms with van der Waals surface area (Å²) >= 11 is 0. The van der Waals surface area contributed by atoms with Gasteiger partial charge in [0.2, 0.25) is 0 Å². The van der Waals surface area contributed by atoms with Crippen molar-refractivity contribution in [3.8, 4) is 0 Å². The molecule has 3 rings (SSSR count). The Hall–Kier alpha value is -2.69. The molecule has 24 heavy (non-hydrogen) atoms. The van der Waals surface area contributed by atoms with Crippen LogP contribution in [0.5, 0.6) is 0 Å². The van der Waals surface area contributed by atoms with Crippen LogP contribution in [0.2, 0.25) is 0 Å². The second-order valence-electron chi connectivity index (χ2n) is 5.89. The minimum absolute atomic E-state index is 0.176. The van der Waals surface area contributed by atoms with Gasteiger partial charge in [0.15, 0.2) is 6.10 Å². The lowest BCUT2D eigenvalue weighted by atomic mass is 10.0. The van der Waals surface area contributed by atoms with Crippen molar-refractivity contribution < 1.29 is 14.0 Å². The first-order chi connectivity index (χ1) is 11.6. The van der Waals surface area contributed by atoms with Crippen LogP contribution in [0, 0.1) is 5.82 Å². The van der Waals surface area contributed by atoms with E-state index in [9.17, 15) is 9.18 Å². The minimum Gasteiger partial charge on any atom is -0.387 e. The summed E-state index contributed by atoms with van der Waals surface area (Å²) in [5, 5.41) is 3.97. The molecule has 1 aliphatic rings. The van der Waals surface area contributed by atoms with Crippen molar-refractivity contribution in [2.45, 2.75) is 25.5 Å². The number of oxime groups is 1. The number of amides is 1. The Morgan fingerprint density at radius 1 is 1.21 bits per heavy atom. The van der Waals surface area contributed by atoms with Gasteiger partial charge in [0, 0.05) is 13.5 Å². The van der Waals surface area contributed by atoms with Crippen molar-refractivity contribution in [3.05, 3.63) is 71.5 Å². The van der Waals surface area contributed by atoms with Crippen molar-refractivity contribution in [2.24, 2.45) is 5.16 Å². The number of nitrogens with zero attached hydrogens (tertiary/aromatic N) is 2. The average Bonchev–Trinajstić information content (AvgIpc) is 3.11. The number of rotatable bonds is 4. The topological polar surface area (TPSA) is 41.9 Å². The maximum atomic E-state index is 13.0. The molecule has 1 aliphatic heterocycles. The van der Waals surface area contributed by atoms with Gasteiger partial charge in [0.25, 0.3) is 5.91 Å².